The third-order valence-electron chi connectivity index (χ3n) is 2.04. The molecule has 1 aromatic rings. The molecule has 0 bridgehead atoms. The van der Waals surface area contributed by atoms with Gasteiger partial charge in [-0.05, 0) is 11.6 Å². The molecule has 0 spiro atoms. The Morgan fingerprint density at radius 3 is 2.11 bits per heavy atom. The van der Waals surface area contributed by atoms with Crippen LogP contribution in [0.1, 0.15) is 5.56 Å². The van der Waals surface area contributed by atoms with Gasteiger partial charge in [-0.2, -0.15) is 10.5 Å². The van der Waals surface area contributed by atoms with Gasteiger partial charge in [0.05, 0.1) is 0 Å². The Kier molecular flexibility index (Phi) is 6.12. The maximum absolute atomic E-state index is 8.49. The summed E-state index contributed by atoms with van der Waals surface area (Å²) in [6.45, 7) is 0. The van der Waals surface area contributed by atoms with Gasteiger partial charge in [-0.25, -0.2) is 0 Å². The molecule has 0 aliphatic carbocycles. The second-order valence-electron chi connectivity index (χ2n) is 3.34. The lowest BCUT2D eigenvalue weighted by Gasteiger charge is -1.87. The second kappa shape index (κ2) is 8.33. The van der Waals surface area contributed by atoms with Gasteiger partial charge in [-0.15, -0.1) is 0 Å². The number of hydrogen-bond acceptors (Lipinski definition) is 2. The number of benzene rings is 1. The van der Waals surface area contributed by atoms with E-state index in [1.54, 1.807) is 24.3 Å². The monoisotopic (exact) mass is 232 g/mol. The highest BCUT2D eigenvalue weighted by molar-refractivity contribution is 5.50. The molecule has 0 unspecified atom stereocenters. The third kappa shape index (κ3) is 5.30. The maximum Gasteiger partial charge on any atom is 0.129 e. The van der Waals surface area contributed by atoms with Crippen molar-refractivity contribution >= 4 is 6.08 Å². The maximum atomic E-state index is 8.49. The molecule has 1 aromatic carbocycles. The average Bonchev–Trinajstić information content (AvgIpc) is 2.43. The SMILES string of the molecule is N#CC(C#N)=CC=CC=CC=Cc1ccccc1. The summed E-state index contributed by atoms with van der Waals surface area (Å²) in [5, 5.41) is 17.0. The summed E-state index contributed by atoms with van der Waals surface area (Å²) < 4.78 is 0. The van der Waals surface area contributed by atoms with Crippen LogP contribution in [0.4, 0.5) is 0 Å². The smallest absolute Gasteiger partial charge is 0.129 e. The fourth-order valence-corrected chi connectivity index (χ4v) is 1.17. The Bertz CT molecular complexity index is 545. The summed E-state index contributed by atoms with van der Waals surface area (Å²) in [5.41, 5.74) is 1.24. The highest BCUT2D eigenvalue weighted by Crippen LogP contribution is 2.00. The van der Waals surface area contributed by atoms with Crippen LogP contribution in [0.5, 0.6) is 0 Å². The van der Waals surface area contributed by atoms with Gasteiger partial charge in [0.1, 0.15) is 17.7 Å². The van der Waals surface area contributed by atoms with Crippen LogP contribution in [0.2, 0.25) is 0 Å². The minimum Gasteiger partial charge on any atom is -0.192 e. The first-order valence-electron chi connectivity index (χ1n) is 5.44. The van der Waals surface area contributed by atoms with Gasteiger partial charge in [-0.1, -0.05) is 66.8 Å². The number of hydrogen-bond donors (Lipinski definition) is 0. The van der Waals surface area contributed by atoms with Crippen LogP contribution in [-0.4, -0.2) is 0 Å². The molecule has 0 saturated heterocycles. The van der Waals surface area contributed by atoms with Crippen molar-refractivity contribution in [3.63, 3.8) is 0 Å². The fourth-order valence-electron chi connectivity index (χ4n) is 1.17. The predicted molar refractivity (Wildman–Crippen MR) is 73.1 cm³/mol. The number of nitriles is 2. The van der Waals surface area contributed by atoms with Gasteiger partial charge in [0.25, 0.3) is 0 Å². The van der Waals surface area contributed by atoms with E-state index in [9.17, 15) is 0 Å². The molecule has 0 atom stereocenters. The zero-order chi connectivity index (χ0) is 13.1. The molecule has 0 aliphatic heterocycles. The van der Waals surface area contributed by atoms with E-state index in [0.29, 0.717) is 0 Å². The summed E-state index contributed by atoms with van der Waals surface area (Å²) in [6.07, 6.45) is 12.6. The molecule has 0 fully saturated rings. The summed E-state index contributed by atoms with van der Waals surface area (Å²) in [5.74, 6) is 0. The molecule has 2 nitrogen and oxygen atoms in total. The van der Waals surface area contributed by atoms with E-state index in [0.717, 1.165) is 5.56 Å². The lowest BCUT2D eigenvalue weighted by Crippen LogP contribution is -1.67. The molecule has 0 radical (unpaired) electrons. The fraction of sp³-hybridized carbons (Fsp3) is 0. The van der Waals surface area contributed by atoms with Gasteiger partial charge >= 0.3 is 0 Å². The van der Waals surface area contributed by atoms with E-state index in [4.69, 9.17) is 10.5 Å². The highest BCUT2D eigenvalue weighted by atomic mass is 14.3. The van der Waals surface area contributed by atoms with Crippen molar-refractivity contribution in [1.82, 2.24) is 0 Å². The van der Waals surface area contributed by atoms with Crippen molar-refractivity contribution < 1.29 is 0 Å². The van der Waals surface area contributed by atoms with Gasteiger partial charge < -0.3 is 0 Å². The van der Waals surface area contributed by atoms with Gasteiger partial charge in [-0.3, -0.25) is 0 Å². The van der Waals surface area contributed by atoms with Crippen molar-refractivity contribution in [3.8, 4) is 12.1 Å². The summed E-state index contributed by atoms with van der Waals surface area (Å²) in [7, 11) is 0. The molecule has 86 valence electrons. The van der Waals surface area contributed by atoms with Gasteiger partial charge in [0, 0.05) is 0 Å². The molecule has 0 aliphatic rings. The lowest BCUT2D eigenvalue weighted by atomic mass is 10.2. The molecular formula is C16H12N2. The molecule has 0 heterocycles. The number of rotatable bonds is 4. The van der Waals surface area contributed by atoms with E-state index in [2.05, 4.69) is 0 Å². The first-order chi connectivity index (χ1) is 8.86. The first-order valence-corrected chi connectivity index (χ1v) is 5.44. The van der Waals surface area contributed by atoms with Crippen LogP contribution in [0.3, 0.4) is 0 Å². The zero-order valence-electron chi connectivity index (χ0n) is 9.82. The van der Waals surface area contributed by atoms with Crippen LogP contribution < -0.4 is 0 Å². The second-order valence-corrected chi connectivity index (χ2v) is 3.34. The van der Waals surface area contributed by atoms with Crippen LogP contribution >= 0.6 is 0 Å². The highest BCUT2D eigenvalue weighted by Gasteiger charge is 1.84. The van der Waals surface area contributed by atoms with E-state index in [1.807, 2.05) is 54.6 Å². The molecule has 0 N–H and O–H groups in total. The number of allylic oxidation sites excluding steroid dienone is 7. The van der Waals surface area contributed by atoms with Crippen molar-refractivity contribution in [3.05, 3.63) is 77.9 Å². The van der Waals surface area contributed by atoms with E-state index in [-0.39, 0.29) is 5.57 Å². The van der Waals surface area contributed by atoms with E-state index >= 15 is 0 Å². The number of nitrogens with zero attached hydrogens (tertiary/aromatic N) is 2. The minimum atomic E-state index is 0.0967. The van der Waals surface area contributed by atoms with Crippen LogP contribution in [0, 0.1) is 22.7 Å². The van der Waals surface area contributed by atoms with Gasteiger partial charge in [0.2, 0.25) is 0 Å². The Balaban J connectivity index is 2.46. The van der Waals surface area contributed by atoms with E-state index in [1.165, 1.54) is 6.08 Å². The molecule has 0 amide bonds. The third-order valence-corrected chi connectivity index (χ3v) is 2.04. The van der Waals surface area contributed by atoms with Crippen LogP contribution in [0.25, 0.3) is 6.08 Å². The zero-order valence-corrected chi connectivity index (χ0v) is 9.82. The quantitative estimate of drug-likeness (QED) is 0.585. The molecule has 2 heteroatoms. The Morgan fingerprint density at radius 1 is 0.833 bits per heavy atom. The van der Waals surface area contributed by atoms with Crippen molar-refractivity contribution in [2.75, 3.05) is 0 Å². The molecular weight excluding hydrogens is 220 g/mol. The largest absolute Gasteiger partial charge is 0.192 e. The molecule has 0 aromatic heterocycles. The molecule has 18 heavy (non-hydrogen) atoms. The van der Waals surface area contributed by atoms with Crippen LogP contribution in [0.15, 0.2) is 72.4 Å². The standard InChI is InChI=1S/C16H12N2/c17-13-16(14-18)12-6-3-1-2-5-9-15-10-7-4-8-11-15/h1-12H. The summed E-state index contributed by atoms with van der Waals surface area (Å²) >= 11 is 0. The summed E-state index contributed by atoms with van der Waals surface area (Å²) in [4.78, 5) is 0. The Hall–Kier alpha value is -2.84. The van der Waals surface area contributed by atoms with Crippen molar-refractivity contribution in [2.24, 2.45) is 0 Å². The minimum absolute atomic E-state index is 0.0967. The topological polar surface area (TPSA) is 47.6 Å². The Labute approximate surface area is 107 Å². The van der Waals surface area contributed by atoms with Crippen molar-refractivity contribution in [1.29, 1.82) is 10.5 Å². The average molecular weight is 232 g/mol. The molecule has 1 rings (SSSR count). The van der Waals surface area contributed by atoms with Crippen LogP contribution in [-0.2, 0) is 0 Å². The van der Waals surface area contributed by atoms with E-state index < -0.39 is 0 Å². The summed E-state index contributed by atoms with van der Waals surface area (Å²) in [6, 6.07) is 13.6. The van der Waals surface area contributed by atoms with Crippen molar-refractivity contribution in [2.45, 2.75) is 0 Å². The normalized spacial score (nSPS) is 10.6. The van der Waals surface area contributed by atoms with Gasteiger partial charge in [0.15, 0.2) is 0 Å². The predicted octanol–water partition coefficient (Wildman–Crippen LogP) is 3.79. The lowest BCUT2D eigenvalue weighted by molar-refractivity contribution is 1.46. The Morgan fingerprint density at radius 2 is 1.44 bits per heavy atom. The molecule has 0 saturated carbocycles. The first kappa shape index (κ1) is 13.2.